The van der Waals surface area contributed by atoms with Gasteiger partial charge >= 0.3 is 0 Å². The van der Waals surface area contributed by atoms with Crippen molar-refractivity contribution in [1.82, 2.24) is 0 Å². The minimum atomic E-state index is -0.751. The van der Waals surface area contributed by atoms with Crippen molar-refractivity contribution in [3.05, 3.63) is 11.6 Å². The zero-order valence-corrected chi connectivity index (χ0v) is 29.9. The molecule has 3 saturated heterocycles. The summed E-state index contributed by atoms with van der Waals surface area (Å²) in [7, 11) is 0. The number of ether oxygens (including phenoxy) is 4. The quantitative estimate of drug-likeness (QED) is 0.298. The van der Waals surface area contributed by atoms with E-state index in [4.69, 9.17) is 18.9 Å². The van der Waals surface area contributed by atoms with Gasteiger partial charge in [-0.3, -0.25) is 0 Å². The molecule has 12 atom stereocenters. The Hall–Kier alpha value is -0.460. The summed E-state index contributed by atoms with van der Waals surface area (Å²) in [5.41, 5.74) is 1.13. The summed E-state index contributed by atoms with van der Waals surface area (Å²) in [6.45, 7) is 18.1. The van der Waals surface area contributed by atoms with Crippen LogP contribution >= 0.6 is 0 Å². The Balaban J connectivity index is 1.11. The van der Waals surface area contributed by atoms with Crippen LogP contribution in [0.15, 0.2) is 11.6 Å². The Kier molecular flexibility index (Phi) is 8.71. The van der Waals surface area contributed by atoms with Crippen molar-refractivity contribution in [1.29, 1.82) is 0 Å². The van der Waals surface area contributed by atoms with Gasteiger partial charge in [0.05, 0.1) is 29.5 Å². The highest BCUT2D eigenvalue weighted by Crippen LogP contribution is 2.69. The minimum Gasteiger partial charge on any atom is -0.387 e. The van der Waals surface area contributed by atoms with E-state index in [9.17, 15) is 5.11 Å². The highest BCUT2D eigenvalue weighted by molar-refractivity contribution is 5.30. The lowest BCUT2D eigenvalue weighted by atomic mass is 9.43. The molecule has 3 saturated carbocycles. The Bertz CT molecular complexity index is 1100. The topological polar surface area (TPSA) is 57.2 Å². The van der Waals surface area contributed by atoms with Gasteiger partial charge in [0.25, 0.3) is 0 Å². The molecule has 3 aliphatic heterocycles. The molecule has 5 nitrogen and oxygen atoms in total. The predicted octanol–water partition coefficient (Wildman–Crippen LogP) is 9.01. The second kappa shape index (κ2) is 11.9. The van der Waals surface area contributed by atoms with Crippen LogP contribution in [0.5, 0.6) is 0 Å². The minimum absolute atomic E-state index is 0.0231. The second-order valence-corrected chi connectivity index (χ2v) is 18.5. The van der Waals surface area contributed by atoms with Crippen LogP contribution in [0, 0.1) is 46.3 Å². The smallest absolute Gasteiger partial charge is 0.164 e. The Morgan fingerprint density at radius 3 is 2.29 bits per heavy atom. The fourth-order valence-electron chi connectivity index (χ4n) is 13.1. The molecule has 4 aliphatic carbocycles. The Morgan fingerprint density at radius 2 is 1.62 bits per heavy atom. The van der Waals surface area contributed by atoms with Gasteiger partial charge in [0.2, 0.25) is 0 Å². The van der Waals surface area contributed by atoms with Gasteiger partial charge in [-0.2, -0.15) is 0 Å². The van der Waals surface area contributed by atoms with Gasteiger partial charge in [-0.1, -0.05) is 32.4 Å². The van der Waals surface area contributed by atoms with Crippen LogP contribution in [0.25, 0.3) is 0 Å². The molecule has 45 heavy (non-hydrogen) atoms. The molecule has 0 spiro atoms. The number of allylic oxidation sites excluding steroid dienone is 1. The van der Waals surface area contributed by atoms with Crippen molar-refractivity contribution in [3.63, 3.8) is 0 Å². The molecular formula is C40H66O5. The van der Waals surface area contributed by atoms with Crippen LogP contribution in [0.4, 0.5) is 0 Å². The second-order valence-electron chi connectivity index (χ2n) is 18.5. The number of rotatable bonds is 6. The molecule has 0 aromatic carbocycles. The summed E-state index contributed by atoms with van der Waals surface area (Å²) in [6.07, 6.45) is 20.6. The Labute approximate surface area is 274 Å². The van der Waals surface area contributed by atoms with E-state index in [1.54, 1.807) is 5.57 Å². The van der Waals surface area contributed by atoms with Gasteiger partial charge in [-0.15, -0.1) is 0 Å². The standard InChI is InChI=1S/C40H66O5/c1-26(14-19-34-36(2,3)45-37(4,5)44-34)29-17-18-30-28-16-15-27-24-40(41,35-13-9-11-23-43-35)25-32(33-12-8-10-22-42-33)39(27,7)31(28)20-21-38(29,30)6/h15,26,28-35,41H,8-14,16-25H2,1-7H3/t26-,28+,29-,30+,31+,32-,33?,34-,35?,38-,39+,40+/m1/s1. The summed E-state index contributed by atoms with van der Waals surface area (Å²) in [5, 5.41) is 12.4. The summed E-state index contributed by atoms with van der Waals surface area (Å²) in [5.74, 6) is 3.64. The lowest BCUT2D eigenvalue weighted by Crippen LogP contribution is -2.61. The highest BCUT2D eigenvalue weighted by atomic mass is 16.8. The van der Waals surface area contributed by atoms with E-state index in [1.165, 1.54) is 57.8 Å². The van der Waals surface area contributed by atoms with Crippen molar-refractivity contribution in [2.75, 3.05) is 13.2 Å². The van der Waals surface area contributed by atoms with Crippen LogP contribution < -0.4 is 0 Å². The fourth-order valence-corrected chi connectivity index (χ4v) is 13.1. The van der Waals surface area contributed by atoms with Crippen molar-refractivity contribution in [2.24, 2.45) is 46.3 Å². The van der Waals surface area contributed by atoms with E-state index in [0.29, 0.717) is 23.2 Å². The molecule has 6 fully saturated rings. The SMILES string of the molecule is C[C@H](CC[C@H]1OC(C)(C)OC1(C)C)[C@H]1CC[C@H]2[C@@H]3CC=C4C[C@@](O)(C5CCCCO5)C[C@H](C5CCCCO5)[C@]4(C)[C@H]3CC[C@]12C. The molecule has 3 heterocycles. The summed E-state index contributed by atoms with van der Waals surface area (Å²) in [6, 6.07) is 0. The van der Waals surface area contributed by atoms with Crippen molar-refractivity contribution in [2.45, 2.75) is 180 Å². The van der Waals surface area contributed by atoms with Crippen molar-refractivity contribution < 1.29 is 24.1 Å². The van der Waals surface area contributed by atoms with Gasteiger partial charge in [0, 0.05) is 19.6 Å². The first kappa shape index (κ1) is 33.1. The van der Waals surface area contributed by atoms with Crippen LogP contribution in [0.1, 0.15) is 145 Å². The highest BCUT2D eigenvalue weighted by Gasteiger charge is 2.64. The lowest BCUT2D eigenvalue weighted by Gasteiger charge is -2.63. The third kappa shape index (κ3) is 5.63. The largest absolute Gasteiger partial charge is 0.387 e. The van der Waals surface area contributed by atoms with E-state index < -0.39 is 11.4 Å². The van der Waals surface area contributed by atoms with Gasteiger partial charge in [-0.25, -0.2) is 0 Å². The van der Waals surface area contributed by atoms with Crippen molar-refractivity contribution in [3.8, 4) is 0 Å². The van der Waals surface area contributed by atoms with Gasteiger partial charge in [-0.05, 0) is 164 Å². The van der Waals surface area contributed by atoms with Crippen LogP contribution in [-0.2, 0) is 18.9 Å². The summed E-state index contributed by atoms with van der Waals surface area (Å²) >= 11 is 0. The van der Waals surface area contributed by atoms with E-state index in [0.717, 1.165) is 69.5 Å². The van der Waals surface area contributed by atoms with Gasteiger partial charge in [0.15, 0.2) is 5.79 Å². The fraction of sp³-hybridized carbons (Fsp3) is 0.950. The monoisotopic (exact) mass is 626 g/mol. The molecular weight excluding hydrogens is 560 g/mol. The molecule has 0 aromatic rings. The van der Waals surface area contributed by atoms with Gasteiger partial charge < -0.3 is 24.1 Å². The van der Waals surface area contributed by atoms with Gasteiger partial charge in [0.1, 0.15) is 0 Å². The number of hydrogen-bond acceptors (Lipinski definition) is 5. The maximum absolute atomic E-state index is 12.4. The Morgan fingerprint density at radius 1 is 0.867 bits per heavy atom. The normalized spacial score (nSPS) is 49.8. The first-order valence-electron chi connectivity index (χ1n) is 19.3. The average Bonchev–Trinajstić information content (AvgIpc) is 3.47. The third-order valence-corrected chi connectivity index (χ3v) is 15.2. The molecule has 256 valence electrons. The van der Waals surface area contributed by atoms with E-state index in [-0.39, 0.29) is 29.3 Å². The van der Waals surface area contributed by atoms with Crippen LogP contribution in [0.3, 0.4) is 0 Å². The molecule has 5 heteroatoms. The zero-order chi connectivity index (χ0) is 31.8. The zero-order valence-electron chi connectivity index (χ0n) is 29.9. The molecule has 7 rings (SSSR count). The molecule has 7 aliphatic rings. The average molecular weight is 627 g/mol. The molecule has 2 unspecified atom stereocenters. The molecule has 0 radical (unpaired) electrons. The number of fused-ring (bicyclic) bond motifs is 5. The third-order valence-electron chi connectivity index (χ3n) is 15.2. The number of hydrogen-bond donors (Lipinski definition) is 1. The number of aliphatic hydroxyl groups is 1. The first-order chi connectivity index (χ1) is 21.3. The maximum Gasteiger partial charge on any atom is 0.164 e. The van der Waals surface area contributed by atoms with Crippen LogP contribution in [-0.4, -0.2) is 53.6 Å². The lowest BCUT2D eigenvalue weighted by molar-refractivity contribution is -0.189. The van der Waals surface area contributed by atoms with E-state index in [1.807, 2.05) is 0 Å². The molecule has 1 N–H and O–H groups in total. The van der Waals surface area contributed by atoms with Crippen molar-refractivity contribution >= 4 is 0 Å². The predicted molar refractivity (Wildman–Crippen MR) is 179 cm³/mol. The van der Waals surface area contributed by atoms with E-state index >= 15 is 0 Å². The van der Waals surface area contributed by atoms with Crippen LogP contribution in [0.2, 0.25) is 0 Å². The molecule has 0 bridgehead atoms. The first-order valence-corrected chi connectivity index (χ1v) is 19.3. The molecule has 0 aromatic heterocycles. The maximum atomic E-state index is 12.4. The van der Waals surface area contributed by atoms with E-state index in [2.05, 4.69) is 54.5 Å². The summed E-state index contributed by atoms with van der Waals surface area (Å²) < 4.78 is 25.6. The summed E-state index contributed by atoms with van der Waals surface area (Å²) in [4.78, 5) is 0. The molecule has 0 amide bonds.